The fourth-order valence-electron chi connectivity index (χ4n) is 2.62. The van der Waals surface area contributed by atoms with Crippen LogP contribution in [0.15, 0.2) is 22.7 Å². The molecule has 0 aromatic heterocycles. The van der Waals surface area contributed by atoms with Crippen molar-refractivity contribution in [3.8, 4) is 0 Å². The Morgan fingerprint density at radius 1 is 1.47 bits per heavy atom. The third-order valence-corrected chi connectivity index (χ3v) is 4.19. The minimum absolute atomic E-state index is 0.125. The number of halogens is 1. The van der Waals surface area contributed by atoms with Gasteiger partial charge in [-0.2, -0.15) is 0 Å². The van der Waals surface area contributed by atoms with Crippen LogP contribution in [-0.4, -0.2) is 22.7 Å². The first-order valence-corrected chi connectivity index (χ1v) is 7.18. The molecule has 1 fully saturated rings. The molecule has 19 heavy (non-hydrogen) atoms. The van der Waals surface area contributed by atoms with Gasteiger partial charge >= 0.3 is 0 Å². The summed E-state index contributed by atoms with van der Waals surface area (Å²) in [4.78, 5) is 10.6. The van der Waals surface area contributed by atoms with Gasteiger partial charge in [0.25, 0.3) is 5.69 Å². The van der Waals surface area contributed by atoms with Gasteiger partial charge in [-0.25, -0.2) is 0 Å². The average molecular weight is 329 g/mol. The van der Waals surface area contributed by atoms with Gasteiger partial charge in [0.2, 0.25) is 0 Å². The third-order valence-electron chi connectivity index (χ3n) is 3.69. The number of hydrogen-bond acceptors (Lipinski definition) is 4. The van der Waals surface area contributed by atoms with E-state index in [-0.39, 0.29) is 29.2 Å². The number of hydrogen-bond donors (Lipinski definition) is 2. The number of aliphatic hydroxyl groups is 1. The molecule has 1 aromatic carbocycles. The maximum atomic E-state index is 11.0. The van der Waals surface area contributed by atoms with Crippen molar-refractivity contribution in [2.24, 2.45) is 5.92 Å². The smallest absolute Gasteiger partial charge is 0.275 e. The predicted octanol–water partition coefficient (Wildman–Crippen LogP) is 2.61. The van der Waals surface area contributed by atoms with E-state index in [2.05, 4.69) is 21.2 Å². The van der Waals surface area contributed by atoms with Crippen molar-refractivity contribution in [2.75, 3.05) is 6.61 Å². The number of nitro groups is 1. The fourth-order valence-corrected chi connectivity index (χ4v) is 2.97. The molecule has 1 aliphatic rings. The first kappa shape index (κ1) is 14.4. The number of benzene rings is 1. The van der Waals surface area contributed by atoms with Crippen molar-refractivity contribution in [1.82, 2.24) is 5.32 Å². The van der Waals surface area contributed by atoms with Gasteiger partial charge in [-0.3, -0.25) is 10.1 Å². The van der Waals surface area contributed by atoms with E-state index in [9.17, 15) is 15.2 Å². The van der Waals surface area contributed by atoms with Crippen LogP contribution in [0.25, 0.3) is 0 Å². The second-order valence-corrected chi connectivity index (χ2v) is 5.81. The van der Waals surface area contributed by atoms with Gasteiger partial charge < -0.3 is 10.4 Å². The summed E-state index contributed by atoms with van der Waals surface area (Å²) in [5.74, 6) is 0.273. The molecule has 2 rings (SSSR count). The van der Waals surface area contributed by atoms with Crippen LogP contribution in [0.5, 0.6) is 0 Å². The summed E-state index contributed by atoms with van der Waals surface area (Å²) >= 11 is 3.24. The van der Waals surface area contributed by atoms with E-state index in [4.69, 9.17) is 0 Å². The summed E-state index contributed by atoms with van der Waals surface area (Å²) < 4.78 is 0.706. The van der Waals surface area contributed by atoms with Crippen molar-refractivity contribution >= 4 is 21.6 Å². The Bertz CT molecular complexity index is 467. The molecule has 0 saturated heterocycles. The highest BCUT2D eigenvalue weighted by molar-refractivity contribution is 9.10. The molecule has 5 nitrogen and oxygen atoms in total. The highest BCUT2D eigenvalue weighted by atomic mass is 79.9. The minimum atomic E-state index is -0.361. The van der Waals surface area contributed by atoms with E-state index >= 15 is 0 Å². The van der Waals surface area contributed by atoms with Crippen molar-refractivity contribution in [1.29, 1.82) is 0 Å². The number of nitrogens with zero attached hydrogens (tertiary/aromatic N) is 1. The highest BCUT2D eigenvalue weighted by Crippen LogP contribution is 2.27. The second kappa shape index (κ2) is 6.45. The monoisotopic (exact) mass is 328 g/mol. The van der Waals surface area contributed by atoms with Crippen molar-refractivity contribution in [2.45, 2.75) is 31.8 Å². The number of nitrogens with one attached hydrogen (secondary N) is 1. The van der Waals surface area contributed by atoms with Crippen molar-refractivity contribution in [3.05, 3.63) is 38.3 Å². The van der Waals surface area contributed by atoms with Gasteiger partial charge in [0.1, 0.15) is 0 Å². The van der Waals surface area contributed by atoms with Gasteiger partial charge in [-0.05, 0) is 30.9 Å². The zero-order valence-electron chi connectivity index (χ0n) is 10.5. The molecule has 0 bridgehead atoms. The van der Waals surface area contributed by atoms with E-state index < -0.39 is 0 Å². The maximum Gasteiger partial charge on any atom is 0.275 e. The quantitative estimate of drug-likeness (QED) is 0.643. The lowest BCUT2D eigenvalue weighted by molar-refractivity contribution is -0.385. The molecule has 2 N–H and O–H groups in total. The normalized spacial score (nSPS) is 22.6. The van der Waals surface area contributed by atoms with E-state index in [1.54, 1.807) is 6.07 Å². The van der Waals surface area contributed by atoms with Crippen molar-refractivity contribution in [3.63, 3.8) is 0 Å². The van der Waals surface area contributed by atoms with Crippen LogP contribution in [0.2, 0.25) is 0 Å². The maximum absolute atomic E-state index is 11.0. The lowest BCUT2D eigenvalue weighted by atomic mass is 10.0. The summed E-state index contributed by atoms with van der Waals surface area (Å²) in [5, 5.41) is 23.6. The van der Waals surface area contributed by atoms with Gasteiger partial charge in [0.15, 0.2) is 0 Å². The molecule has 1 aromatic rings. The number of aliphatic hydroxyl groups excluding tert-OH is 1. The van der Waals surface area contributed by atoms with Gasteiger partial charge in [0.05, 0.1) is 4.92 Å². The second-order valence-electron chi connectivity index (χ2n) is 4.89. The molecule has 104 valence electrons. The van der Waals surface area contributed by atoms with Crippen LogP contribution in [0.3, 0.4) is 0 Å². The lowest BCUT2D eigenvalue weighted by Crippen LogP contribution is -2.33. The predicted molar refractivity (Wildman–Crippen MR) is 75.9 cm³/mol. The summed E-state index contributed by atoms with van der Waals surface area (Å²) in [6.45, 7) is 0.644. The molecule has 6 heteroatoms. The standard InChI is InChI=1S/C13H17BrN2O3/c14-11-5-4-9(13(6-11)16(18)19)7-15-12-3-1-2-10(12)8-17/h4-6,10,12,15,17H,1-3,7-8H2. The zero-order chi connectivity index (χ0) is 13.8. The summed E-state index contributed by atoms with van der Waals surface area (Å²) in [6.07, 6.45) is 3.15. The Morgan fingerprint density at radius 3 is 2.95 bits per heavy atom. The van der Waals surface area contributed by atoms with Crippen LogP contribution in [-0.2, 0) is 6.54 Å². The zero-order valence-corrected chi connectivity index (χ0v) is 12.1. The first-order chi connectivity index (χ1) is 9.11. The number of nitro benzene ring substituents is 1. The molecule has 1 saturated carbocycles. The third kappa shape index (κ3) is 3.52. The SMILES string of the molecule is O=[N+]([O-])c1cc(Br)ccc1CNC1CCCC1CO. The van der Waals surface area contributed by atoms with Crippen LogP contribution < -0.4 is 5.32 Å². The first-order valence-electron chi connectivity index (χ1n) is 6.39. The fraction of sp³-hybridized carbons (Fsp3) is 0.538. The van der Waals surface area contributed by atoms with Crippen LogP contribution in [0.1, 0.15) is 24.8 Å². The average Bonchev–Trinajstić information content (AvgIpc) is 2.84. The Balaban J connectivity index is 2.05. The lowest BCUT2D eigenvalue weighted by Gasteiger charge is -2.19. The summed E-state index contributed by atoms with van der Waals surface area (Å²) in [5.41, 5.74) is 0.803. The van der Waals surface area contributed by atoms with Crippen LogP contribution in [0.4, 0.5) is 5.69 Å². The largest absolute Gasteiger partial charge is 0.396 e. The van der Waals surface area contributed by atoms with E-state index in [0.29, 0.717) is 16.6 Å². The van der Waals surface area contributed by atoms with Gasteiger partial charge in [-0.1, -0.05) is 22.4 Å². The molecule has 1 aliphatic carbocycles. The molecule has 0 spiro atoms. The van der Waals surface area contributed by atoms with Crippen LogP contribution >= 0.6 is 15.9 Å². The molecule has 0 aliphatic heterocycles. The molecule has 0 amide bonds. The highest BCUT2D eigenvalue weighted by Gasteiger charge is 2.26. The Kier molecular flexibility index (Phi) is 4.90. The van der Waals surface area contributed by atoms with Gasteiger partial charge in [0, 0.05) is 35.3 Å². The topological polar surface area (TPSA) is 75.4 Å². The molecule has 0 radical (unpaired) electrons. The molecule has 2 atom stereocenters. The Labute approximate surface area is 120 Å². The van der Waals surface area contributed by atoms with Crippen LogP contribution in [0, 0.1) is 16.0 Å². The Morgan fingerprint density at radius 2 is 2.26 bits per heavy atom. The molecular weight excluding hydrogens is 312 g/mol. The summed E-state index contributed by atoms with van der Waals surface area (Å²) in [7, 11) is 0. The number of rotatable bonds is 5. The minimum Gasteiger partial charge on any atom is -0.396 e. The van der Waals surface area contributed by atoms with Gasteiger partial charge in [-0.15, -0.1) is 0 Å². The van der Waals surface area contributed by atoms with E-state index in [1.807, 2.05) is 6.07 Å². The van der Waals surface area contributed by atoms with Crippen molar-refractivity contribution < 1.29 is 10.0 Å². The molecule has 0 heterocycles. The van der Waals surface area contributed by atoms with E-state index in [0.717, 1.165) is 19.3 Å². The molecular formula is C13H17BrN2O3. The Hall–Kier alpha value is -0.980. The summed E-state index contributed by atoms with van der Waals surface area (Å²) in [6, 6.07) is 5.35. The molecule has 2 unspecified atom stereocenters. The van der Waals surface area contributed by atoms with E-state index in [1.165, 1.54) is 6.07 Å².